The summed E-state index contributed by atoms with van der Waals surface area (Å²) in [5.41, 5.74) is 1.40. The molecule has 1 nitrogen and oxygen atoms in total. The van der Waals surface area contributed by atoms with Crippen LogP contribution in [0.25, 0.3) is 0 Å². The lowest BCUT2D eigenvalue weighted by Gasteiger charge is -1.91. The number of anilines is 1. The first-order valence-electron chi connectivity index (χ1n) is 2.74. The molecule has 1 aromatic heterocycles. The van der Waals surface area contributed by atoms with E-state index in [0.29, 0.717) is 0 Å². The summed E-state index contributed by atoms with van der Waals surface area (Å²) in [4.78, 5) is 2.34. The average Bonchev–Trinajstić information content (AvgIpc) is 2.49. The number of nitrogens with zero attached hydrogens (tertiary/aromatic N) is 1. The van der Waals surface area contributed by atoms with Crippen molar-refractivity contribution in [2.45, 2.75) is 0 Å². The molecule has 0 amide bonds. The molecule has 1 aliphatic heterocycles. The van der Waals surface area contributed by atoms with E-state index in [4.69, 9.17) is 0 Å². The number of rotatable bonds is 1. The summed E-state index contributed by atoms with van der Waals surface area (Å²) >= 11 is 1.77. The van der Waals surface area contributed by atoms with Gasteiger partial charge in [0.2, 0.25) is 0 Å². The molecule has 0 atom stereocenters. The highest BCUT2D eigenvalue weighted by Gasteiger charge is 2.16. The van der Waals surface area contributed by atoms with Crippen molar-refractivity contribution in [1.82, 2.24) is 0 Å². The zero-order valence-electron chi connectivity index (χ0n) is 4.50. The second kappa shape index (κ2) is 1.49. The Hall–Kier alpha value is -0.500. The first kappa shape index (κ1) is 4.39. The van der Waals surface area contributed by atoms with Crippen LogP contribution in [0, 0.1) is 0 Å². The Kier molecular flexibility index (Phi) is 0.815. The van der Waals surface area contributed by atoms with E-state index >= 15 is 0 Å². The van der Waals surface area contributed by atoms with Gasteiger partial charge in [0.05, 0.1) is 0 Å². The van der Waals surface area contributed by atoms with Gasteiger partial charge in [-0.25, -0.2) is 0 Å². The van der Waals surface area contributed by atoms with E-state index in [-0.39, 0.29) is 0 Å². The third kappa shape index (κ3) is 0.611. The normalized spacial score (nSPS) is 16.8. The lowest BCUT2D eigenvalue weighted by Crippen LogP contribution is -1.84. The molecule has 0 saturated carbocycles. The molecule has 1 aromatic rings. The van der Waals surface area contributed by atoms with Crippen LogP contribution in [-0.4, -0.2) is 13.1 Å². The van der Waals surface area contributed by atoms with Gasteiger partial charge in [-0.1, -0.05) is 0 Å². The van der Waals surface area contributed by atoms with E-state index in [1.165, 1.54) is 18.8 Å². The highest BCUT2D eigenvalue weighted by atomic mass is 32.1. The topological polar surface area (TPSA) is 3.01 Å². The Balaban J connectivity index is 2.28. The second-order valence-corrected chi connectivity index (χ2v) is 2.75. The minimum absolute atomic E-state index is 1.26. The molecule has 0 N–H and O–H groups in total. The summed E-state index contributed by atoms with van der Waals surface area (Å²) in [6.07, 6.45) is 0. The Morgan fingerprint density at radius 1 is 1.50 bits per heavy atom. The third-order valence-corrected chi connectivity index (χ3v) is 1.99. The number of thiophene rings is 1. The van der Waals surface area contributed by atoms with Crippen molar-refractivity contribution >= 4 is 17.0 Å². The smallest absolute Gasteiger partial charge is 0.0476 e. The van der Waals surface area contributed by atoms with E-state index in [1.807, 2.05) is 0 Å². The summed E-state index contributed by atoms with van der Waals surface area (Å²) in [5, 5.41) is 4.31. The van der Waals surface area contributed by atoms with Crippen LogP contribution < -0.4 is 4.90 Å². The van der Waals surface area contributed by atoms with E-state index in [1.54, 1.807) is 11.3 Å². The second-order valence-electron chi connectivity index (χ2n) is 1.97. The summed E-state index contributed by atoms with van der Waals surface area (Å²) in [6, 6.07) is 2.16. The van der Waals surface area contributed by atoms with Crippen molar-refractivity contribution in [1.29, 1.82) is 0 Å². The predicted molar refractivity (Wildman–Crippen MR) is 36.5 cm³/mol. The first-order chi connectivity index (χ1) is 3.97. The van der Waals surface area contributed by atoms with E-state index in [0.717, 1.165) is 0 Å². The molecular weight excluding hydrogens is 118 g/mol. The summed E-state index contributed by atoms with van der Waals surface area (Å²) < 4.78 is 0. The molecular formula is C6H7NS. The van der Waals surface area contributed by atoms with Crippen molar-refractivity contribution in [2.75, 3.05) is 18.0 Å². The van der Waals surface area contributed by atoms with Gasteiger partial charge in [-0.15, -0.1) is 0 Å². The molecule has 42 valence electrons. The Morgan fingerprint density at radius 3 is 2.88 bits per heavy atom. The first-order valence-corrected chi connectivity index (χ1v) is 3.68. The summed E-state index contributed by atoms with van der Waals surface area (Å²) in [6.45, 7) is 2.52. The molecule has 0 aliphatic carbocycles. The van der Waals surface area contributed by atoms with Gasteiger partial charge in [0.1, 0.15) is 0 Å². The third-order valence-electron chi connectivity index (χ3n) is 1.32. The molecule has 0 bridgehead atoms. The van der Waals surface area contributed by atoms with Crippen molar-refractivity contribution in [2.24, 2.45) is 0 Å². The van der Waals surface area contributed by atoms with Crippen LogP contribution in [0.1, 0.15) is 0 Å². The van der Waals surface area contributed by atoms with Crippen LogP contribution in [0.4, 0.5) is 5.69 Å². The Morgan fingerprint density at radius 2 is 2.38 bits per heavy atom. The van der Waals surface area contributed by atoms with E-state index < -0.39 is 0 Å². The van der Waals surface area contributed by atoms with E-state index in [9.17, 15) is 0 Å². The molecule has 0 unspecified atom stereocenters. The highest BCUT2D eigenvalue weighted by Crippen LogP contribution is 2.22. The quantitative estimate of drug-likeness (QED) is 0.515. The van der Waals surface area contributed by atoms with Crippen LogP contribution in [0.5, 0.6) is 0 Å². The van der Waals surface area contributed by atoms with Gasteiger partial charge in [-0.2, -0.15) is 11.3 Å². The molecule has 8 heavy (non-hydrogen) atoms. The van der Waals surface area contributed by atoms with Crippen LogP contribution in [0.15, 0.2) is 16.8 Å². The van der Waals surface area contributed by atoms with Gasteiger partial charge < -0.3 is 4.90 Å². The van der Waals surface area contributed by atoms with Gasteiger partial charge in [0, 0.05) is 24.2 Å². The molecule has 0 radical (unpaired) electrons. The fourth-order valence-electron chi connectivity index (χ4n) is 0.745. The van der Waals surface area contributed by atoms with Gasteiger partial charge in [0.15, 0.2) is 0 Å². The maximum absolute atomic E-state index is 2.34. The maximum Gasteiger partial charge on any atom is 0.0476 e. The zero-order chi connectivity index (χ0) is 5.40. The van der Waals surface area contributed by atoms with Crippen LogP contribution in [0.3, 0.4) is 0 Å². The van der Waals surface area contributed by atoms with Gasteiger partial charge >= 0.3 is 0 Å². The van der Waals surface area contributed by atoms with Gasteiger partial charge in [-0.3, -0.25) is 0 Å². The van der Waals surface area contributed by atoms with Crippen molar-refractivity contribution in [3.8, 4) is 0 Å². The van der Waals surface area contributed by atoms with Crippen LogP contribution in [-0.2, 0) is 0 Å². The largest absolute Gasteiger partial charge is 0.367 e. The SMILES string of the molecule is c1cc(N2CC2)cs1. The highest BCUT2D eigenvalue weighted by molar-refractivity contribution is 7.08. The van der Waals surface area contributed by atoms with Crippen molar-refractivity contribution < 1.29 is 0 Å². The molecule has 1 aliphatic rings. The minimum Gasteiger partial charge on any atom is -0.367 e. The fourth-order valence-corrected chi connectivity index (χ4v) is 1.41. The molecule has 2 heteroatoms. The zero-order valence-corrected chi connectivity index (χ0v) is 5.32. The molecule has 2 rings (SSSR count). The molecule has 1 saturated heterocycles. The number of hydrogen-bond donors (Lipinski definition) is 0. The molecule has 0 aromatic carbocycles. The lowest BCUT2D eigenvalue weighted by atomic mass is 10.5. The predicted octanol–water partition coefficient (Wildman–Crippen LogP) is 1.57. The number of hydrogen-bond acceptors (Lipinski definition) is 2. The lowest BCUT2D eigenvalue weighted by molar-refractivity contribution is 1.43. The molecule has 1 fully saturated rings. The van der Waals surface area contributed by atoms with Crippen molar-refractivity contribution in [3.63, 3.8) is 0 Å². The minimum atomic E-state index is 1.26. The van der Waals surface area contributed by atoms with Gasteiger partial charge in [0.25, 0.3) is 0 Å². The van der Waals surface area contributed by atoms with Crippen LogP contribution in [0.2, 0.25) is 0 Å². The average molecular weight is 125 g/mol. The summed E-state index contributed by atoms with van der Waals surface area (Å²) in [7, 11) is 0. The summed E-state index contributed by atoms with van der Waals surface area (Å²) in [5.74, 6) is 0. The monoisotopic (exact) mass is 125 g/mol. The Bertz CT molecular complexity index is 165. The van der Waals surface area contributed by atoms with Gasteiger partial charge in [-0.05, 0) is 11.4 Å². The standard InChI is InChI=1S/C6H7NS/c1-4-8-5-6(1)7-2-3-7/h1,4-5H,2-3H2. The Labute approximate surface area is 52.6 Å². The molecule has 2 heterocycles. The van der Waals surface area contributed by atoms with E-state index in [2.05, 4.69) is 21.7 Å². The fraction of sp³-hybridized carbons (Fsp3) is 0.333. The van der Waals surface area contributed by atoms with Crippen molar-refractivity contribution in [3.05, 3.63) is 16.8 Å². The molecule has 0 spiro atoms. The van der Waals surface area contributed by atoms with Crippen LogP contribution >= 0.6 is 11.3 Å². The maximum atomic E-state index is 2.34.